The minimum absolute atomic E-state index is 0.134. The number of anilines is 1. The quantitative estimate of drug-likeness (QED) is 0.449. The first kappa shape index (κ1) is 29.9. The number of nitrogens with one attached hydrogen (secondary N) is 1. The molecule has 222 valence electrons. The topological polar surface area (TPSA) is 105 Å². The normalized spacial score (nSPS) is 29.4. The first-order valence-corrected chi connectivity index (χ1v) is 16.3. The second-order valence-electron chi connectivity index (χ2n) is 11.4. The highest BCUT2D eigenvalue weighted by molar-refractivity contribution is 7.90. The summed E-state index contributed by atoms with van der Waals surface area (Å²) in [7, 11) is -2.44. The van der Waals surface area contributed by atoms with Crippen LogP contribution in [0.15, 0.2) is 48.6 Å². The first-order valence-electron chi connectivity index (χ1n) is 14.4. The third-order valence-electron chi connectivity index (χ3n) is 8.83. The van der Waals surface area contributed by atoms with Crippen molar-refractivity contribution in [2.45, 2.75) is 69.5 Å². The molecule has 5 atom stereocenters. The predicted molar refractivity (Wildman–Crippen MR) is 160 cm³/mol. The third kappa shape index (κ3) is 6.74. The molecule has 0 saturated heterocycles. The summed E-state index contributed by atoms with van der Waals surface area (Å²) < 4.78 is 40.4. The number of carbonyl (C=O) groups is 1. The molecule has 2 bridgehead atoms. The number of hydrogen-bond donors (Lipinski definition) is 2. The van der Waals surface area contributed by atoms with E-state index in [1.807, 2.05) is 24.3 Å². The fourth-order valence-corrected chi connectivity index (χ4v) is 7.33. The van der Waals surface area contributed by atoms with Crippen molar-refractivity contribution in [2.24, 2.45) is 11.8 Å². The number of nitrogens with zero attached hydrogens (tertiary/aromatic N) is 1. The minimum Gasteiger partial charge on any atom is -0.487 e. The van der Waals surface area contributed by atoms with Gasteiger partial charge in [0.1, 0.15) is 17.6 Å². The lowest BCUT2D eigenvalue weighted by molar-refractivity contribution is 0.0133. The minimum atomic E-state index is -4.13. The summed E-state index contributed by atoms with van der Waals surface area (Å²) in [4.78, 5) is 15.5. The number of hydrogen-bond acceptors (Lipinski definition) is 7. The zero-order valence-corrected chi connectivity index (χ0v) is 25.2. The number of benzene rings is 2. The molecule has 2 N–H and O–H groups in total. The van der Waals surface area contributed by atoms with Crippen molar-refractivity contribution >= 4 is 33.2 Å². The SMILES string of the molecule is CO[C@H]1/C=C/C[C@H](O)[C@H](C)S(=O)(=O)NC(=O)c2ccc3c(c2)N(CCCCc2cc(Cl)ccc2CO3)C[C@@H]2CC[C@H]21. The number of halogens is 1. The van der Waals surface area contributed by atoms with Crippen molar-refractivity contribution in [1.29, 1.82) is 0 Å². The first-order chi connectivity index (χ1) is 19.7. The van der Waals surface area contributed by atoms with E-state index < -0.39 is 27.3 Å². The molecule has 1 saturated carbocycles. The molecule has 3 aliphatic rings. The van der Waals surface area contributed by atoms with Gasteiger partial charge in [0.05, 0.1) is 17.9 Å². The molecule has 0 aromatic heterocycles. The Morgan fingerprint density at radius 1 is 1.12 bits per heavy atom. The Morgan fingerprint density at radius 2 is 1.95 bits per heavy atom. The van der Waals surface area contributed by atoms with E-state index in [1.54, 1.807) is 31.4 Å². The van der Waals surface area contributed by atoms with E-state index in [4.69, 9.17) is 21.1 Å². The molecule has 1 aliphatic carbocycles. The van der Waals surface area contributed by atoms with Crippen LogP contribution in [0.5, 0.6) is 5.75 Å². The molecule has 5 rings (SSSR count). The number of aliphatic hydroxyl groups is 1. The lowest BCUT2D eigenvalue weighted by atomic mass is 9.70. The Hall–Kier alpha value is -2.59. The molecule has 0 unspecified atom stereocenters. The molecule has 8 nitrogen and oxygen atoms in total. The number of aryl methyl sites for hydroxylation is 1. The van der Waals surface area contributed by atoms with Gasteiger partial charge in [-0.05, 0) is 98.7 Å². The van der Waals surface area contributed by atoms with Crippen LogP contribution in [0.2, 0.25) is 5.02 Å². The van der Waals surface area contributed by atoms with Crippen LogP contribution in [0.3, 0.4) is 0 Å². The fourth-order valence-electron chi connectivity index (χ4n) is 6.04. The van der Waals surface area contributed by atoms with Gasteiger partial charge in [-0.15, -0.1) is 0 Å². The Morgan fingerprint density at radius 3 is 2.71 bits per heavy atom. The lowest BCUT2D eigenvalue weighted by Gasteiger charge is -2.43. The summed E-state index contributed by atoms with van der Waals surface area (Å²) in [5.74, 6) is 0.567. The summed E-state index contributed by atoms with van der Waals surface area (Å²) >= 11 is 6.30. The van der Waals surface area contributed by atoms with Crippen molar-refractivity contribution in [1.82, 2.24) is 4.72 Å². The average molecular weight is 603 g/mol. The van der Waals surface area contributed by atoms with Gasteiger partial charge < -0.3 is 19.5 Å². The van der Waals surface area contributed by atoms with Crippen LogP contribution in [0.1, 0.15) is 60.5 Å². The molecule has 0 spiro atoms. The van der Waals surface area contributed by atoms with Crippen LogP contribution in [0, 0.1) is 11.8 Å². The summed E-state index contributed by atoms with van der Waals surface area (Å²) in [5.41, 5.74) is 3.22. The number of fused-ring (bicyclic) bond motifs is 3. The van der Waals surface area contributed by atoms with Crippen LogP contribution >= 0.6 is 11.6 Å². The molecule has 0 radical (unpaired) electrons. The highest BCUT2D eigenvalue weighted by Crippen LogP contribution is 2.41. The molecule has 2 heterocycles. The Balaban J connectivity index is 1.55. The van der Waals surface area contributed by atoms with Gasteiger partial charge in [0.15, 0.2) is 0 Å². The molecule has 2 aromatic carbocycles. The van der Waals surface area contributed by atoms with Crippen molar-refractivity contribution in [3.63, 3.8) is 0 Å². The Kier molecular flexibility index (Phi) is 9.28. The summed E-state index contributed by atoms with van der Waals surface area (Å²) in [5, 5.41) is 10.1. The highest BCUT2D eigenvalue weighted by Gasteiger charge is 2.38. The van der Waals surface area contributed by atoms with Crippen molar-refractivity contribution < 1.29 is 27.8 Å². The largest absolute Gasteiger partial charge is 0.487 e. The number of carbonyl (C=O) groups excluding carboxylic acids is 1. The number of sulfonamides is 1. The number of aliphatic hydroxyl groups excluding tert-OH is 1. The molecule has 2 aromatic rings. The Labute approximate surface area is 247 Å². The van der Waals surface area contributed by atoms with Gasteiger partial charge in [0.2, 0.25) is 10.0 Å². The zero-order valence-electron chi connectivity index (χ0n) is 23.6. The van der Waals surface area contributed by atoms with Crippen LogP contribution in [0.4, 0.5) is 5.69 Å². The van der Waals surface area contributed by atoms with E-state index in [0.717, 1.165) is 56.4 Å². The van der Waals surface area contributed by atoms with Gasteiger partial charge in [-0.3, -0.25) is 4.79 Å². The van der Waals surface area contributed by atoms with Crippen molar-refractivity contribution in [2.75, 3.05) is 25.1 Å². The molecular formula is C31H39ClN2O6S. The lowest BCUT2D eigenvalue weighted by Crippen LogP contribution is -2.44. The fraction of sp³-hybridized carbons (Fsp3) is 0.516. The molecule has 1 amide bonds. The van der Waals surface area contributed by atoms with E-state index in [-0.39, 0.29) is 18.1 Å². The Bertz CT molecular complexity index is 1400. The van der Waals surface area contributed by atoms with E-state index in [1.165, 1.54) is 12.5 Å². The van der Waals surface area contributed by atoms with Crippen molar-refractivity contribution in [3.05, 3.63) is 70.3 Å². The smallest absolute Gasteiger partial charge is 0.264 e. The molecule has 41 heavy (non-hydrogen) atoms. The van der Waals surface area contributed by atoms with Gasteiger partial charge in [-0.25, -0.2) is 13.1 Å². The van der Waals surface area contributed by atoms with Gasteiger partial charge in [0, 0.05) is 30.8 Å². The van der Waals surface area contributed by atoms with Gasteiger partial charge in [-0.1, -0.05) is 29.8 Å². The predicted octanol–water partition coefficient (Wildman–Crippen LogP) is 4.87. The monoisotopic (exact) mass is 602 g/mol. The molecule has 1 fully saturated rings. The van der Waals surface area contributed by atoms with Crippen molar-refractivity contribution in [3.8, 4) is 5.75 Å². The maximum absolute atomic E-state index is 13.2. The maximum atomic E-state index is 13.2. The van der Waals surface area contributed by atoms with Gasteiger partial charge >= 0.3 is 0 Å². The summed E-state index contributed by atoms with van der Waals surface area (Å²) in [6.45, 7) is 3.28. The number of rotatable bonds is 1. The average Bonchev–Trinajstić information content (AvgIpc) is 2.96. The van der Waals surface area contributed by atoms with Crippen LogP contribution in [-0.4, -0.2) is 57.1 Å². The van der Waals surface area contributed by atoms with Gasteiger partial charge in [0.25, 0.3) is 5.91 Å². The van der Waals surface area contributed by atoms with E-state index in [9.17, 15) is 18.3 Å². The second-order valence-corrected chi connectivity index (χ2v) is 13.9. The van der Waals surface area contributed by atoms with E-state index in [2.05, 4.69) is 9.62 Å². The summed E-state index contributed by atoms with van der Waals surface area (Å²) in [6, 6.07) is 10.9. The highest BCUT2D eigenvalue weighted by atomic mass is 35.5. The second kappa shape index (κ2) is 12.7. The van der Waals surface area contributed by atoms with Crippen LogP contribution in [0.25, 0.3) is 0 Å². The number of amides is 1. The zero-order chi connectivity index (χ0) is 29.1. The summed E-state index contributed by atoms with van der Waals surface area (Å²) in [6.07, 6.45) is 7.44. The third-order valence-corrected chi connectivity index (χ3v) is 10.8. The molecule has 10 heteroatoms. The van der Waals surface area contributed by atoms with Crippen LogP contribution in [-0.2, 0) is 27.8 Å². The molecule has 2 aliphatic heterocycles. The van der Waals surface area contributed by atoms with E-state index in [0.29, 0.717) is 29.2 Å². The van der Waals surface area contributed by atoms with E-state index >= 15 is 0 Å². The maximum Gasteiger partial charge on any atom is 0.264 e. The van der Waals surface area contributed by atoms with Crippen LogP contribution < -0.4 is 14.4 Å². The van der Waals surface area contributed by atoms with Gasteiger partial charge in [-0.2, -0.15) is 0 Å². The number of methoxy groups -OCH3 is 1. The molecular weight excluding hydrogens is 564 g/mol. The standard InChI is InChI=1S/C31H39ClN2O6S/c1-20-28(35)7-5-8-29(39-2)26-13-10-23(26)18-34-15-4-3-6-21-16-25(32)12-9-24(21)19-40-30-14-11-22(17-27(30)34)31(36)33-41(20,37)38/h5,8-9,11-12,14,16-17,20,23,26,28-29,35H,3-4,6-7,10,13,15,18-19H2,1-2H3,(H,33,36)/b8-5+/t20-,23-,26+,28-,29-/m0/s1. The number of ether oxygens (including phenoxy) is 2.